The maximum absolute atomic E-state index is 13.2. The number of anilines is 1. The molecule has 0 fully saturated rings. The van der Waals surface area contributed by atoms with Crippen molar-refractivity contribution in [1.29, 1.82) is 0 Å². The Hall–Kier alpha value is -3.19. The third kappa shape index (κ3) is 4.50. The highest BCUT2D eigenvalue weighted by Crippen LogP contribution is 2.33. The highest BCUT2D eigenvalue weighted by molar-refractivity contribution is 7.99. The van der Waals surface area contributed by atoms with Gasteiger partial charge < -0.3 is 5.32 Å². The van der Waals surface area contributed by atoms with Crippen LogP contribution in [0.5, 0.6) is 0 Å². The Kier molecular flexibility index (Phi) is 6.01. The summed E-state index contributed by atoms with van der Waals surface area (Å²) in [6, 6.07) is 2.96. The molecule has 13 heteroatoms. The number of alkyl halides is 3. The predicted octanol–water partition coefficient (Wildman–Crippen LogP) is 3.94. The summed E-state index contributed by atoms with van der Waals surface area (Å²) in [7, 11) is 1.57. The van der Waals surface area contributed by atoms with Gasteiger partial charge in [-0.2, -0.15) is 18.3 Å². The van der Waals surface area contributed by atoms with Crippen LogP contribution in [0, 0.1) is 13.8 Å². The van der Waals surface area contributed by atoms with E-state index in [9.17, 15) is 22.8 Å². The number of halogens is 3. The lowest BCUT2D eigenvalue weighted by molar-refractivity contribution is -0.137. The Bertz CT molecular complexity index is 1410. The number of aromatic nitrogens is 5. The van der Waals surface area contributed by atoms with Gasteiger partial charge in [0.25, 0.3) is 5.56 Å². The molecular formula is C20H17F3N6O2S2. The molecule has 0 radical (unpaired) electrons. The third-order valence-corrected chi connectivity index (χ3v) is 7.10. The highest BCUT2D eigenvalue weighted by atomic mass is 32.2. The zero-order valence-electron chi connectivity index (χ0n) is 17.6. The van der Waals surface area contributed by atoms with Gasteiger partial charge in [0.2, 0.25) is 5.91 Å². The molecule has 4 aromatic rings. The largest absolute Gasteiger partial charge is 0.416 e. The van der Waals surface area contributed by atoms with Crippen molar-refractivity contribution in [3.05, 3.63) is 57.2 Å². The van der Waals surface area contributed by atoms with Crippen molar-refractivity contribution in [2.45, 2.75) is 25.2 Å². The Labute approximate surface area is 193 Å². The first-order valence-corrected chi connectivity index (χ1v) is 11.3. The molecule has 8 nitrogen and oxygen atoms in total. The van der Waals surface area contributed by atoms with E-state index in [1.54, 1.807) is 7.05 Å². The Morgan fingerprint density at radius 3 is 2.70 bits per heavy atom. The zero-order valence-corrected chi connectivity index (χ0v) is 19.2. The number of amides is 1. The summed E-state index contributed by atoms with van der Waals surface area (Å²) in [5.41, 5.74) is -0.0796. The number of hydrogen-bond donors (Lipinski definition) is 1. The fourth-order valence-electron chi connectivity index (χ4n) is 3.15. The Morgan fingerprint density at radius 1 is 1.27 bits per heavy atom. The second-order valence-corrected chi connectivity index (χ2v) is 9.27. The number of nitrogens with zero attached hydrogens (tertiary/aromatic N) is 5. The average molecular weight is 495 g/mol. The number of fused-ring (bicyclic) bond motifs is 1. The van der Waals surface area contributed by atoms with Gasteiger partial charge >= 0.3 is 6.18 Å². The summed E-state index contributed by atoms with van der Waals surface area (Å²) in [5, 5.41) is 7.31. The molecule has 1 aromatic carbocycles. The van der Waals surface area contributed by atoms with Crippen molar-refractivity contribution in [3.63, 3.8) is 0 Å². The van der Waals surface area contributed by atoms with Gasteiger partial charge in [0.1, 0.15) is 17.5 Å². The molecule has 3 aromatic heterocycles. The van der Waals surface area contributed by atoms with Crippen LogP contribution in [-0.2, 0) is 18.0 Å². The minimum absolute atomic E-state index is 0.0669. The quantitative estimate of drug-likeness (QED) is 0.334. The number of hydrogen-bond acceptors (Lipinski definition) is 7. The second-order valence-electron chi connectivity index (χ2n) is 7.13. The van der Waals surface area contributed by atoms with Crippen LogP contribution >= 0.6 is 23.1 Å². The van der Waals surface area contributed by atoms with E-state index in [4.69, 9.17) is 0 Å². The molecule has 0 aliphatic rings. The Balaban J connectivity index is 1.58. The molecule has 3 heterocycles. The van der Waals surface area contributed by atoms with Crippen molar-refractivity contribution in [2.24, 2.45) is 7.05 Å². The number of thioether (sulfide) groups is 1. The maximum atomic E-state index is 13.2. The van der Waals surface area contributed by atoms with E-state index in [1.807, 2.05) is 13.8 Å². The lowest BCUT2D eigenvalue weighted by Crippen LogP contribution is -2.21. The van der Waals surface area contributed by atoms with Gasteiger partial charge in [0, 0.05) is 11.9 Å². The number of nitrogens with one attached hydrogen (secondary N) is 1. The summed E-state index contributed by atoms with van der Waals surface area (Å²) in [6.45, 7) is 3.77. The van der Waals surface area contributed by atoms with Crippen molar-refractivity contribution in [3.8, 4) is 5.69 Å². The molecule has 0 aliphatic heterocycles. The molecule has 0 saturated heterocycles. The first kappa shape index (κ1) is 23.0. The minimum atomic E-state index is -4.58. The molecule has 1 N–H and O–H groups in total. The molecular weight excluding hydrogens is 477 g/mol. The van der Waals surface area contributed by atoms with E-state index in [2.05, 4.69) is 20.4 Å². The van der Waals surface area contributed by atoms with Crippen LogP contribution in [0.3, 0.4) is 0 Å². The number of benzene rings is 1. The Morgan fingerprint density at radius 2 is 2.03 bits per heavy atom. The van der Waals surface area contributed by atoms with Crippen LogP contribution in [0.15, 0.2) is 40.8 Å². The van der Waals surface area contributed by atoms with Crippen LogP contribution < -0.4 is 10.9 Å². The van der Waals surface area contributed by atoms with Gasteiger partial charge in [-0.05, 0) is 37.6 Å². The van der Waals surface area contributed by atoms with Gasteiger partial charge in [-0.3, -0.25) is 14.2 Å². The summed E-state index contributed by atoms with van der Waals surface area (Å²) in [4.78, 5) is 35.2. The topological polar surface area (TPSA) is 94.7 Å². The molecule has 0 unspecified atom stereocenters. The van der Waals surface area contributed by atoms with E-state index < -0.39 is 17.6 Å². The van der Waals surface area contributed by atoms with Crippen LogP contribution in [0.4, 0.5) is 18.9 Å². The maximum Gasteiger partial charge on any atom is 0.416 e. The van der Waals surface area contributed by atoms with Crippen LogP contribution in [0.2, 0.25) is 0 Å². The number of carbonyl (C=O) groups excluding carboxylic acids is 1. The average Bonchev–Trinajstić information content (AvgIpc) is 3.37. The van der Waals surface area contributed by atoms with Gasteiger partial charge in [-0.15, -0.1) is 11.3 Å². The molecule has 0 bridgehead atoms. The van der Waals surface area contributed by atoms with Crippen molar-refractivity contribution in [1.82, 2.24) is 24.3 Å². The fourth-order valence-corrected chi connectivity index (χ4v) is 4.99. The molecule has 4 rings (SSSR count). The van der Waals surface area contributed by atoms with Crippen LogP contribution in [0.25, 0.3) is 15.9 Å². The van der Waals surface area contributed by atoms with Crippen molar-refractivity contribution < 1.29 is 18.0 Å². The SMILES string of the molecule is Cc1sc2nc(SCC(=O)Nc3cc(C(F)(F)F)ccc3-n3cncn3)n(C)c(=O)c2c1C. The minimum Gasteiger partial charge on any atom is -0.323 e. The normalized spacial score (nSPS) is 11.8. The second kappa shape index (κ2) is 8.63. The number of thiophene rings is 1. The number of aryl methyl sites for hydroxylation is 2. The van der Waals surface area contributed by atoms with Crippen LogP contribution in [-0.4, -0.2) is 36.0 Å². The lowest BCUT2D eigenvalue weighted by Gasteiger charge is -2.14. The van der Waals surface area contributed by atoms with Crippen molar-refractivity contribution >= 4 is 44.9 Å². The molecule has 172 valence electrons. The van der Waals surface area contributed by atoms with Gasteiger partial charge in [-0.1, -0.05) is 11.8 Å². The summed E-state index contributed by atoms with van der Waals surface area (Å²) in [5.74, 6) is -0.726. The van der Waals surface area contributed by atoms with E-state index in [1.165, 1.54) is 39.3 Å². The molecule has 0 spiro atoms. The first-order valence-electron chi connectivity index (χ1n) is 9.52. The summed E-state index contributed by atoms with van der Waals surface area (Å²) >= 11 is 2.42. The van der Waals surface area contributed by atoms with Gasteiger partial charge in [-0.25, -0.2) is 14.6 Å². The lowest BCUT2D eigenvalue weighted by atomic mass is 10.1. The monoisotopic (exact) mass is 494 g/mol. The summed E-state index contributed by atoms with van der Waals surface area (Å²) < 4.78 is 42.2. The van der Waals surface area contributed by atoms with Crippen LogP contribution in [0.1, 0.15) is 16.0 Å². The fraction of sp³-hybridized carbons (Fsp3) is 0.250. The molecule has 1 amide bonds. The van der Waals surface area contributed by atoms with Crippen molar-refractivity contribution in [2.75, 3.05) is 11.1 Å². The number of carbonyl (C=O) groups is 1. The third-order valence-electron chi connectivity index (χ3n) is 4.97. The molecule has 0 atom stereocenters. The predicted molar refractivity (Wildman–Crippen MR) is 120 cm³/mol. The molecule has 33 heavy (non-hydrogen) atoms. The van der Waals surface area contributed by atoms with Gasteiger partial charge in [0.15, 0.2) is 5.16 Å². The smallest absolute Gasteiger partial charge is 0.323 e. The first-order chi connectivity index (χ1) is 15.6. The number of rotatable bonds is 5. The van der Waals surface area contributed by atoms with E-state index in [-0.39, 0.29) is 22.7 Å². The molecule has 0 aliphatic carbocycles. The molecule has 0 saturated carbocycles. The van der Waals surface area contributed by atoms with E-state index in [0.29, 0.717) is 15.4 Å². The van der Waals surface area contributed by atoms with E-state index >= 15 is 0 Å². The standard InChI is InChI=1S/C20H17F3N6O2S2/c1-10-11(2)33-17-16(10)18(31)28(3)19(27-17)32-7-15(30)26-13-6-12(20(21,22)23)4-5-14(13)29-9-24-8-25-29/h4-6,8-9H,7H2,1-3H3,(H,26,30). The zero-order chi connectivity index (χ0) is 23.9. The van der Waals surface area contributed by atoms with E-state index in [0.717, 1.165) is 34.3 Å². The highest BCUT2D eigenvalue weighted by Gasteiger charge is 2.31. The van der Waals surface area contributed by atoms with Gasteiger partial charge in [0.05, 0.1) is 28.1 Å². The summed E-state index contributed by atoms with van der Waals surface area (Å²) in [6.07, 6.45) is -2.04.